The van der Waals surface area contributed by atoms with Gasteiger partial charge in [-0.05, 0) is 23.9 Å². The van der Waals surface area contributed by atoms with Gasteiger partial charge in [-0.1, -0.05) is 6.07 Å². The highest BCUT2D eigenvalue weighted by molar-refractivity contribution is 7.99. The monoisotopic (exact) mass is 250 g/mol. The van der Waals surface area contributed by atoms with E-state index in [-0.39, 0.29) is 11.4 Å². The summed E-state index contributed by atoms with van der Waals surface area (Å²) in [6, 6.07) is 6.50. The van der Waals surface area contributed by atoms with Crippen molar-refractivity contribution in [3.8, 4) is 0 Å². The van der Waals surface area contributed by atoms with Crippen LogP contribution in [0.1, 0.15) is 0 Å². The fourth-order valence-electron chi connectivity index (χ4n) is 1.15. The molecule has 2 aromatic rings. The van der Waals surface area contributed by atoms with E-state index in [0.29, 0.717) is 16.0 Å². The van der Waals surface area contributed by atoms with Gasteiger partial charge in [0.25, 0.3) is 5.56 Å². The molecule has 0 aromatic carbocycles. The standard InChI is InChI=1S/C9H10N6OS/c10-5-4-7(16)14-9(12-5)17-8-3-1-2-6(13-8)15-11/h1-4H,11H2,(H,13,15)(H3,10,12,14,16). The Bertz CT molecular complexity index is 584. The number of nitrogen functional groups attached to an aromatic ring is 2. The lowest BCUT2D eigenvalue weighted by Crippen LogP contribution is -2.10. The maximum Gasteiger partial charge on any atom is 0.253 e. The Morgan fingerprint density at radius 3 is 2.88 bits per heavy atom. The summed E-state index contributed by atoms with van der Waals surface area (Å²) in [5.74, 6) is 5.94. The first-order chi connectivity index (χ1) is 8.17. The van der Waals surface area contributed by atoms with Gasteiger partial charge in [-0.2, -0.15) is 0 Å². The van der Waals surface area contributed by atoms with E-state index in [2.05, 4.69) is 20.4 Å². The van der Waals surface area contributed by atoms with Crippen molar-refractivity contribution in [2.24, 2.45) is 5.84 Å². The second-order valence-corrected chi connectivity index (χ2v) is 4.09. The lowest BCUT2D eigenvalue weighted by atomic mass is 10.5. The Balaban J connectivity index is 2.27. The third kappa shape index (κ3) is 2.95. The second kappa shape index (κ2) is 4.85. The minimum atomic E-state index is -0.298. The number of nitrogens with zero attached hydrogens (tertiary/aromatic N) is 2. The van der Waals surface area contributed by atoms with E-state index in [1.54, 1.807) is 18.2 Å². The van der Waals surface area contributed by atoms with E-state index >= 15 is 0 Å². The van der Waals surface area contributed by atoms with Crippen LogP contribution in [0.25, 0.3) is 0 Å². The number of aromatic amines is 1. The lowest BCUT2D eigenvalue weighted by molar-refractivity contribution is 0.940. The normalized spacial score (nSPS) is 10.2. The Kier molecular flexibility index (Phi) is 3.26. The third-order valence-electron chi connectivity index (χ3n) is 1.81. The van der Waals surface area contributed by atoms with Gasteiger partial charge in [-0.15, -0.1) is 0 Å². The number of hydrogen-bond donors (Lipinski definition) is 4. The van der Waals surface area contributed by atoms with Gasteiger partial charge in [0, 0.05) is 6.07 Å². The Morgan fingerprint density at radius 2 is 2.18 bits per heavy atom. The van der Waals surface area contributed by atoms with Gasteiger partial charge in [-0.25, -0.2) is 15.8 Å². The van der Waals surface area contributed by atoms with Crippen molar-refractivity contribution in [1.82, 2.24) is 15.0 Å². The molecule has 2 heterocycles. The Labute approximate surface area is 101 Å². The number of rotatable bonds is 3. The molecule has 0 saturated heterocycles. The molecule has 0 aliphatic rings. The molecule has 0 bridgehead atoms. The molecule has 0 aliphatic carbocycles. The van der Waals surface area contributed by atoms with Crippen molar-refractivity contribution in [1.29, 1.82) is 0 Å². The average molecular weight is 250 g/mol. The molecule has 0 amide bonds. The summed E-state index contributed by atoms with van der Waals surface area (Å²) in [4.78, 5) is 21.9. The maximum atomic E-state index is 11.2. The number of pyridine rings is 1. The summed E-state index contributed by atoms with van der Waals surface area (Å²) in [6.45, 7) is 0. The van der Waals surface area contributed by atoms with Crippen LogP contribution in [0.3, 0.4) is 0 Å². The highest BCUT2D eigenvalue weighted by atomic mass is 32.2. The van der Waals surface area contributed by atoms with Gasteiger partial charge in [0.05, 0.1) is 0 Å². The van der Waals surface area contributed by atoms with Gasteiger partial charge in [-0.3, -0.25) is 4.79 Å². The van der Waals surface area contributed by atoms with Gasteiger partial charge in [0.1, 0.15) is 16.7 Å². The predicted octanol–water partition coefficient (Wildman–Crippen LogP) is 0.184. The molecule has 0 fully saturated rings. The van der Waals surface area contributed by atoms with E-state index < -0.39 is 0 Å². The molecular formula is C9H10N6OS. The highest BCUT2D eigenvalue weighted by Gasteiger charge is 2.03. The number of anilines is 2. The fourth-order valence-corrected chi connectivity index (χ4v) is 1.94. The summed E-state index contributed by atoms with van der Waals surface area (Å²) < 4.78 is 0. The van der Waals surface area contributed by atoms with Crippen LogP contribution in [0.15, 0.2) is 39.2 Å². The van der Waals surface area contributed by atoms with Crippen molar-refractivity contribution in [2.45, 2.75) is 10.2 Å². The molecule has 0 saturated carbocycles. The molecule has 17 heavy (non-hydrogen) atoms. The zero-order valence-electron chi connectivity index (χ0n) is 8.68. The molecule has 0 unspecified atom stereocenters. The average Bonchev–Trinajstić information content (AvgIpc) is 2.28. The molecular weight excluding hydrogens is 240 g/mol. The summed E-state index contributed by atoms with van der Waals surface area (Å²) >= 11 is 1.19. The van der Waals surface area contributed by atoms with Crippen LogP contribution >= 0.6 is 11.8 Å². The van der Waals surface area contributed by atoms with Gasteiger partial charge in [0.2, 0.25) is 0 Å². The zero-order valence-corrected chi connectivity index (χ0v) is 9.49. The number of aromatic nitrogens is 3. The summed E-state index contributed by atoms with van der Waals surface area (Å²) in [5, 5.41) is 1.03. The molecule has 0 atom stereocenters. The van der Waals surface area contributed by atoms with Crippen molar-refractivity contribution in [2.75, 3.05) is 11.2 Å². The first-order valence-electron chi connectivity index (χ1n) is 4.66. The number of hydrogen-bond acceptors (Lipinski definition) is 7. The first-order valence-corrected chi connectivity index (χ1v) is 5.47. The number of nitrogens with one attached hydrogen (secondary N) is 2. The van der Waals surface area contributed by atoms with E-state index in [4.69, 9.17) is 11.6 Å². The van der Waals surface area contributed by atoms with E-state index in [0.717, 1.165) is 0 Å². The van der Waals surface area contributed by atoms with Crippen LogP contribution < -0.4 is 22.6 Å². The largest absolute Gasteiger partial charge is 0.383 e. The van der Waals surface area contributed by atoms with Gasteiger partial charge < -0.3 is 16.1 Å². The van der Waals surface area contributed by atoms with E-state index in [1.807, 2.05) is 0 Å². The smallest absolute Gasteiger partial charge is 0.253 e. The SMILES string of the molecule is NNc1cccc(Sc2nc(N)cc(=O)[nH]2)n1. The van der Waals surface area contributed by atoms with Gasteiger partial charge in [0.15, 0.2) is 5.16 Å². The predicted molar refractivity (Wildman–Crippen MR) is 65.4 cm³/mol. The van der Waals surface area contributed by atoms with E-state index in [1.165, 1.54) is 17.8 Å². The van der Waals surface area contributed by atoms with Crippen molar-refractivity contribution in [3.05, 3.63) is 34.6 Å². The molecule has 2 rings (SSSR count). The van der Waals surface area contributed by atoms with Crippen LogP contribution in [0.5, 0.6) is 0 Å². The number of hydrazine groups is 1. The quantitative estimate of drug-likeness (QED) is 0.348. The van der Waals surface area contributed by atoms with Crippen molar-refractivity contribution >= 4 is 23.4 Å². The van der Waals surface area contributed by atoms with Crippen LogP contribution in [0, 0.1) is 0 Å². The fraction of sp³-hybridized carbons (Fsp3) is 0. The third-order valence-corrected chi connectivity index (χ3v) is 2.64. The molecule has 0 aliphatic heterocycles. The topological polar surface area (TPSA) is 123 Å². The molecule has 0 radical (unpaired) electrons. The summed E-state index contributed by atoms with van der Waals surface area (Å²) in [7, 11) is 0. The maximum absolute atomic E-state index is 11.2. The molecule has 2 aromatic heterocycles. The molecule has 0 spiro atoms. The number of H-pyrrole nitrogens is 1. The minimum Gasteiger partial charge on any atom is -0.383 e. The second-order valence-electron chi connectivity index (χ2n) is 3.08. The zero-order chi connectivity index (χ0) is 12.3. The first kappa shape index (κ1) is 11.4. The van der Waals surface area contributed by atoms with Crippen molar-refractivity contribution in [3.63, 3.8) is 0 Å². The van der Waals surface area contributed by atoms with Crippen LogP contribution in [0.4, 0.5) is 11.6 Å². The van der Waals surface area contributed by atoms with E-state index in [9.17, 15) is 4.79 Å². The lowest BCUT2D eigenvalue weighted by Gasteiger charge is -2.03. The molecule has 6 N–H and O–H groups in total. The van der Waals surface area contributed by atoms with Crippen molar-refractivity contribution < 1.29 is 0 Å². The molecule has 88 valence electrons. The van der Waals surface area contributed by atoms with Crippen LogP contribution in [-0.4, -0.2) is 15.0 Å². The number of nitrogens with two attached hydrogens (primary N) is 2. The summed E-state index contributed by atoms with van der Waals surface area (Å²) in [6.07, 6.45) is 0. The Morgan fingerprint density at radius 1 is 1.35 bits per heavy atom. The van der Waals surface area contributed by atoms with Crippen LogP contribution in [-0.2, 0) is 0 Å². The molecule has 7 nitrogen and oxygen atoms in total. The highest BCUT2D eigenvalue weighted by Crippen LogP contribution is 2.22. The Hall–Kier alpha value is -2.06. The van der Waals surface area contributed by atoms with Crippen LogP contribution in [0.2, 0.25) is 0 Å². The molecule has 8 heteroatoms. The summed E-state index contributed by atoms with van der Waals surface area (Å²) in [5.41, 5.74) is 7.61. The van der Waals surface area contributed by atoms with Gasteiger partial charge >= 0.3 is 0 Å². The minimum absolute atomic E-state index is 0.171.